The molecule has 8 nitrogen and oxygen atoms in total. The third-order valence-electron chi connectivity index (χ3n) is 6.10. The summed E-state index contributed by atoms with van der Waals surface area (Å²) in [5.74, 6) is -0.590. The van der Waals surface area contributed by atoms with E-state index in [0.29, 0.717) is 32.7 Å². The standard InChI is InChI=1S/C28H21Cl2N5O3/c29-20-7-9-22-23(13-20)33-27(37)24(12-18-2-1-11-31-14-18)35(28(22)38)16-17-3-5-19(6-4-17)26(36)34-25-10-8-21(30)15-32-25/h1-11,13-15,24H,12,16H2,(H,33,37)(H,32,34,36). The molecule has 0 fully saturated rings. The predicted octanol–water partition coefficient (Wildman–Crippen LogP) is 5.24. The van der Waals surface area contributed by atoms with Crippen LogP contribution in [-0.4, -0.2) is 38.6 Å². The number of rotatable bonds is 6. The van der Waals surface area contributed by atoms with Crippen molar-refractivity contribution in [3.8, 4) is 0 Å². The van der Waals surface area contributed by atoms with Gasteiger partial charge in [0.25, 0.3) is 11.8 Å². The van der Waals surface area contributed by atoms with Gasteiger partial charge in [-0.15, -0.1) is 0 Å². The van der Waals surface area contributed by atoms with Gasteiger partial charge in [-0.25, -0.2) is 4.98 Å². The number of pyridine rings is 2. The maximum atomic E-state index is 13.7. The molecule has 0 saturated carbocycles. The van der Waals surface area contributed by atoms with E-state index in [2.05, 4.69) is 20.6 Å². The Labute approximate surface area is 228 Å². The fourth-order valence-corrected chi connectivity index (χ4v) is 4.47. The monoisotopic (exact) mass is 545 g/mol. The van der Waals surface area contributed by atoms with Gasteiger partial charge < -0.3 is 15.5 Å². The lowest BCUT2D eigenvalue weighted by atomic mass is 10.0. The van der Waals surface area contributed by atoms with Crippen LogP contribution in [0.3, 0.4) is 0 Å². The van der Waals surface area contributed by atoms with Crippen molar-refractivity contribution in [3.63, 3.8) is 0 Å². The van der Waals surface area contributed by atoms with Crippen LogP contribution in [0.25, 0.3) is 0 Å². The number of anilines is 2. The van der Waals surface area contributed by atoms with Crippen molar-refractivity contribution in [3.05, 3.63) is 118 Å². The molecule has 0 bridgehead atoms. The van der Waals surface area contributed by atoms with E-state index < -0.39 is 6.04 Å². The highest BCUT2D eigenvalue weighted by Crippen LogP contribution is 2.29. The Balaban J connectivity index is 1.40. The van der Waals surface area contributed by atoms with Crippen molar-refractivity contribution >= 4 is 52.4 Å². The Morgan fingerprint density at radius 3 is 2.45 bits per heavy atom. The molecule has 4 aromatic rings. The number of carbonyl (C=O) groups is 3. The van der Waals surface area contributed by atoms with Crippen molar-refractivity contribution in [2.45, 2.75) is 19.0 Å². The molecule has 3 amide bonds. The van der Waals surface area contributed by atoms with Gasteiger partial charge in [0.1, 0.15) is 11.9 Å². The first-order valence-electron chi connectivity index (χ1n) is 11.7. The Kier molecular flexibility index (Phi) is 7.35. The van der Waals surface area contributed by atoms with Crippen LogP contribution in [0.5, 0.6) is 0 Å². The Morgan fingerprint density at radius 1 is 0.947 bits per heavy atom. The fraction of sp³-hybridized carbons (Fsp3) is 0.107. The minimum atomic E-state index is -0.795. The maximum Gasteiger partial charge on any atom is 0.256 e. The molecular weight excluding hydrogens is 525 g/mol. The lowest BCUT2D eigenvalue weighted by molar-refractivity contribution is -0.120. The Hall–Kier alpha value is -4.27. The van der Waals surface area contributed by atoms with Gasteiger partial charge in [-0.1, -0.05) is 41.4 Å². The summed E-state index contributed by atoms with van der Waals surface area (Å²) in [5, 5.41) is 6.45. The number of aromatic nitrogens is 2. The molecule has 2 N–H and O–H groups in total. The second-order valence-electron chi connectivity index (χ2n) is 8.71. The molecule has 2 aromatic carbocycles. The highest BCUT2D eigenvalue weighted by Gasteiger charge is 2.35. The molecule has 38 heavy (non-hydrogen) atoms. The fourth-order valence-electron chi connectivity index (χ4n) is 4.18. The lowest BCUT2D eigenvalue weighted by Crippen LogP contribution is -2.46. The summed E-state index contributed by atoms with van der Waals surface area (Å²) in [6, 6.07) is 17.7. The van der Waals surface area contributed by atoms with E-state index in [1.165, 1.54) is 11.1 Å². The van der Waals surface area contributed by atoms with Crippen LogP contribution in [0.2, 0.25) is 10.0 Å². The van der Waals surface area contributed by atoms with Crippen molar-refractivity contribution in [2.24, 2.45) is 0 Å². The molecule has 0 aliphatic carbocycles. The zero-order valence-corrected chi connectivity index (χ0v) is 21.4. The maximum absolute atomic E-state index is 13.7. The van der Waals surface area contributed by atoms with Gasteiger partial charge >= 0.3 is 0 Å². The number of benzene rings is 2. The second kappa shape index (κ2) is 11.0. The summed E-state index contributed by atoms with van der Waals surface area (Å²) < 4.78 is 0. The summed E-state index contributed by atoms with van der Waals surface area (Å²) in [7, 11) is 0. The van der Waals surface area contributed by atoms with Gasteiger partial charge in [0.05, 0.1) is 16.3 Å². The zero-order valence-electron chi connectivity index (χ0n) is 19.9. The van der Waals surface area contributed by atoms with E-state index in [-0.39, 0.29) is 30.7 Å². The molecule has 0 radical (unpaired) electrons. The summed E-state index contributed by atoms with van der Waals surface area (Å²) in [6.07, 6.45) is 5.05. The number of amides is 3. The molecule has 2 aromatic heterocycles. The molecular formula is C28H21Cl2N5O3. The van der Waals surface area contributed by atoms with Crippen LogP contribution in [0.15, 0.2) is 85.3 Å². The molecule has 3 heterocycles. The summed E-state index contributed by atoms with van der Waals surface area (Å²) in [6.45, 7) is 0.153. The van der Waals surface area contributed by atoms with Crippen molar-refractivity contribution < 1.29 is 14.4 Å². The van der Waals surface area contributed by atoms with Crippen LogP contribution in [0.1, 0.15) is 31.8 Å². The van der Waals surface area contributed by atoms with Gasteiger partial charge in [-0.3, -0.25) is 19.4 Å². The van der Waals surface area contributed by atoms with Crippen LogP contribution in [-0.2, 0) is 17.8 Å². The van der Waals surface area contributed by atoms with E-state index in [4.69, 9.17) is 23.2 Å². The van der Waals surface area contributed by atoms with E-state index in [1.54, 1.807) is 73.1 Å². The summed E-state index contributed by atoms with van der Waals surface area (Å²) in [5.41, 5.74) is 2.70. The first kappa shape index (κ1) is 25.4. The second-order valence-corrected chi connectivity index (χ2v) is 9.58. The third-order valence-corrected chi connectivity index (χ3v) is 6.56. The molecule has 0 spiro atoms. The van der Waals surface area contributed by atoms with Gasteiger partial charge in [-0.2, -0.15) is 0 Å². The largest absolute Gasteiger partial charge is 0.323 e. The predicted molar refractivity (Wildman–Crippen MR) is 145 cm³/mol. The average Bonchev–Trinajstić information content (AvgIpc) is 3.00. The molecule has 5 rings (SSSR count). The number of nitrogens with one attached hydrogen (secondary N) is 2. The first-order chi connectivity index (χ1) is 18.4. The molecule has 0 saturated heterocycles. The topological polar surface area (TPSA) is 104 Å². The Bertz CT molecular complexity index is 1500. The van der Waals surface area contributed by atoms with E-state index in [0.717, 1.165) is 11.1 Å². The molecule has 1 aliphatic rings. The SMILES string of the molecule is O=C(Nc1ccc(Cl)cn1)c1ccc(CN2C(=O)c3ccc(Cl)cc3NC(=O)C2Cc2cccnc2)cc1. The van der Waals surface area contributed by atoms with Crippen LogP contribution in [0, 0.1) is 0 Å². The number of hydrogen-bond donors (Lipinski definition) is 2. The van der Waals surface area contributed by atoms with Crippen LogP contribution in [0.4, 0.5) is 11.5 Å². The highest BCUT2D eigenvalue weighted by atomic mass is 35.5. The number of nitrogens with zero attached hydrogens (tertiary/aromatic N) is 3. The molecule has 1 aliphatic heterocycles. The molecule has 190 valence electrons. The van der Waals surface area contributed by atoms with Gasteiger partial charge in [0.2, 0.25) is 5.91 Å². The minimum absolute atomic E-state index is 0.153. The molecule has 1 atom stereocenters. The zero-order chi connectivity index (χ0) is 26.6. The van der Waals surface area contributed by atoms with E-state index in [9.17, 15) is 14.4 Å². The summed E-state index contributed by atoms with van der Waals surface area (Å²) in [4.78, 5) is 49.4. The van der Waals surface area contributed by atoms with Crippen LogP contribution < -0.4 is 10.6 Å². The normalized spacial score (nSPS) is 14.9. The lowest BCUT2D eigenvalue weighted by Gasteiger charge is -2.29. The smallest absolute Gasteiger partial charge is 0.256 e. The Morgan fingerprint density at radius 2 is 1.74 bits per heavy atom. The minimum Gasteiger partial charge on any atom is -0.323 e. The van der Waals surface area contributed by atoms with Crippen molar-refractivity contribution in [2.75, 3.05) is 10.6 Å². The van der Waals surface area contributed by atoms with Crippen molar-refractivity contribution in [1.82, 2.24) is 14.9 Å². The van der Waals surface area contributed by atoms with Crippen LogP contribution >= 0.6 is 23.2 Å². The third kappa shape index (κ3) is 5.66. The number of fused-ring (bicyclic) bond motifs is 1. The van der Waals surface area contributed by atoms with Gasteiger partial charge in [-0.05, 0) is 59.7 Å². The quantitative estimate of drug-likeness (QED) is 0.344. The first-order valence-corrected chi connectivity index (χ1v) is 12.4. The number of halogens is 2. The number of carbonyl (C=O) groups excluding carboxylic acids is 3. The van der Waals surface area contributed by atoms with E-state index >= 15 is 0 Å². The molecule has 10 heteroatoms. The highest BCUT2D eigenvalue weighted by molar-refractivity contribution is 6.31. The van der Waals surface area contributed by atoms with Crippen molar-refractivity contribution in [1.29, 1.82) is 0 Å². The van der Waals surface area contributed by atoms with Gasteiger partial charge in [0, 0.05) is 42.1 Å². The summed E-state index contributed by atoms with van der Waals surface area (Å²) >= 11 is 12.0. The van der Waals surface area contributed by atoms with E-state index in [1.807, 2.05) is 6.07 Å². The van der Waals surface area contributed by atoms with Gasteiger partial charge in [0.15, 0.2) is 0 Å². The average molecular weight is 546 g/mol. The number of hydrogen-bond acceptors (Lipinski definition) is 5. The molecule has 1 unspecified atom stereocenters.